The minimum atomic E-state index is -0.632. The third-order valence-corrected chi connectivity index (χ3v) is 7.51. The molecule has 1 heterocycles. The van der Waals surface area contributed by atoms with E-state index in [0.29, 0.717) is 18.8 Å². The van der Waals surface area contributed by atoms with Crippen LogP contribution in [0.5, 0.6) is 0 Å². The minimum Gasteiger partial charge on any atom is -0.316 e. The van der Waals surface area contributed by atoms with E-state index < -0.39 is 5.54 Å². The number of ketones is 1. The van der Waals surface area contributed by atoms with Crippen molar-refractivity contribution in [1.82, 2.24) is 9.55 Å². The van der Waals surface area contributed by atoms with Gasteiger partial charge >= 0.3 is 0 Å². The monoisotopic (exact) mass is 462 g/mol. The average molecular weight is 463 g/mol. The van der Waals surface area contributed by atoms with Crippen molar-refractivity contribution in [3.8, 4) is 0 Å². The predicted molar refractivity (Wildman–Crippen MR) is 142 cm³/mol. The van der Waals surface area contributed by atoms with Crippen LogP contribution in [-0.2, 0) is 16.8 Å². The molecule has 3 nitrogen and oxygen atoms in total. The summed E-state index contributed by atoms with van der Waals surface area (Å²) in [5.41, 5.74) is 3.99. The van der Waals surface area contributed by atoms with Crippen LogP contribution in [0, 0.1) is 0 Å². The number of carbonyl (C=O) groups excluding carboxylic acids is 1. The zero-order chi connectivity index (χ0) is 24.1. The topological polar surface area (TPSA) is 34.9 Å². The van der Waals surface area contributed by atoms with Crippen LogP contribution in [0.25, 0.3) is 0 Å². The van der Waals surface area contributed by atoms with Crippen LogP contribution in [-0.4, -0.2) is 15.3 Å². The molecule has 35 heavy (non-hydrogen) atoms. The molecule has 0 saturated heterocycles. The summed E-state index contributed by atoms with van der Waals surface area (Å²) in [6.07, 6.45) is 9.28. The molecular weight excluding hydrogens is 428 g/mol. The number of aromatic nitrogens is 2. The third-order valence-electron chi connectivity index (χ3n) is 7.51. The molecule has 4 aromatic rings. The van der Waals surface area contributed by atoms with Gasteiger partial charge in [0.2, 0.25) is 0 Å². The fraction of sp³-hybridized carbons (Fsp3) is 0.312. The molecule has 0 aliphatic heterocycles. The molecule has 0 N–H and O–H groups in total. The number of imidazole rings is 1. The van der Waals surface area contributed by atoms with Crippen LogP contribution in [0.1, 0.15) is 79.6 Å². The number of benzene rings is 3. The molecule has 0 spiro atoms. The number of hydrogen-bond acceptors (Lipinski definition) is 2. The second-order valence-corrected chi connectivity index (χ2v) is 9.66. The fourth-order valence-electron chi connectivity index (χ4n) is 5.71. The van der Waals surface area contributed by atoms with Gasteiger partial charge in [-0.3, -0.25) is 4.79 Å². The normalized spacial score (nSPS) is 14.7. The van der Waals surface area contributed by atoms with Crippen LogP contribution in [0.2, 0.25) is 0 Å². The Labute approximate surface area is 208 Å². The van der Waals surface area contributed by atoms with E-state index in [-0.39, 0.29) is 5.78 Å². The van der Waals surface area contributed by atoms with Crippen molar-refractivity contribution in [3.63, 3.8) is 0 Å². The van der Waals surface area contributed by atoms with Crippen LogP contribution in [0.15, 0.2) is 97.2 Å². The second-order valence-electron chi connectivity index (χ2n) is 9.66. The van der Waals surface area contributed by atoms with E-state index in [2.05, 4.69) is 102 Å². The first kappa shape index (κ1) is 23.3. The Bertz CT molecular complexity index is 1140. The van der Waals surface area contributed by atoms with E-state index in [1.54, 1.807) is 0 Å². The standard InChI is InChI=1S/C32H34N2O/c1-2-29(35)23-31-33-30(25-15-7-3-8-16-25)24-34(31)32(26-17-9-4-10-18-26,27-19-11-5-12-20-27)28-21-13-6-14-22-28/h4-6,9-14,17-22,24-25H,2-3,7-8,15-16,23H2,1H3. The zero-order valence-corrected chi connectivity index (χ0v) is 20.6. The van der Waals surface area contributed by atoms with Gasteiger partial charge in [-0.25, -0.2) is 4.98 Å². The van der Waals surface area contributed by atoms with Crippen molar-refractivity contribution in [3.05, 3.63) is 125 Å². The molecule has 3 heteroatoms. The molecule has 178 valence electrons. The number of Topliss-reactive ketones (excluding diaryl/α,β-unsaturated/α-hetero) is 1. The van der Waals surface area contributed by atoms with E-state index >= 15 is 0 Å². The Balaban J connectivity index is 1.83. The maximum atomic E-state index is 12.8. The number of rotatable bonds is 8. The molecule has 0 bridgehead atoms. The van der Waals surface area contributed by atoms with Gasteiger partial charge in [0, 0.05) is 18.5 Å². The van der Waals surface area contributed by atoms with Crippen LogP contribution < -0.4 is 0 Å². The van der Waals surface area contributed by atoms with E-state index in [9.17, 15) is 4.79 Å². The van der Waals surface area contributed by atoms with Gasteiger partial charge in [0.25, 0.3) is 0 Å². The number of carbonyl (C=O) groups is 1. The maximum absolute atomic E-state index is 12.8. The summed E-state index contributed by atoms with van der Waals surface area (Å²) in [6.45, 7) is 1.94. The van der Waals surface area contributed by atoms with E-state index in [1.165, 1.54) is 32.1 Å². The molecule has 1 aromatic heterocycles. The Morgan fingerprint density at radius 3 is 1.74 bits per heavy atom. The number of hydrogen-bond donors (Lipinski definition) is 0. The van der Waals surface area contributed by atoms with Gasteiger partial charge in [-0.15, -0.1) is 0 Å². The Kier molecular flexibility index (Phi) is 6.94. The lowest BCUT2D eigenvalue weighted by Crippen LogP contribution is -2.39. The van der Waals surface area contributed by atoms with Crippen LogP contribution in [0.3, 0.4) is 0 Å². The Morgan fingerprint density at radius 1 is 0.800 bits per heavy atom. The molecule has 1 aliphatic carbocycles. The summed E-state index contributed by atoms with van der Waals surface area (Å²) < 4.78 is 2.32. The van der Waals surface area contributed by atoms with Gasteiger partial charge in [0.15, 0.2) is 0 Å². The molecule has 1 fully saturated rings. The molecule has 3 aromatic carbocycles. The highest BCUT2D eigenvalue weighted by molar-refractivity contribution is 5.80. The first-order valence-corrected chi connectivity index (χ1v) is 13.0. The van der Waals surface area contributed by atoms with Crippen molar-refractivity contribution >= 4 is 5.78 Å². The first-order valence-electron chi connectivity index (χ1n) is 13.0. The van der Waals surface area contributed by atoms with Crippen molar-refractivity contribution < 1.29 is 4.79 Å². The lowest BCUT2D eigenvalue weighted by atomic mass is 9.76. The quantitative estimate of drug-likeness (QED) is 0.258. The van der Waals surface area contributed by atoms with Crippen molar-refractivity contribution in [1.29, 1.82) is 0 Å². The van der Waals surface area contributed by atoms with Crippen LogP contribution >= 0.6 is 0 Å². The molecule has 0 atom stereocenters. The lowest BCUT2D eigenvalue weighted by Gasteiger charge is -2.38. The minimum absolute atomic E-state index is 0.218. The maximum Gasteiger partial charge on any atom is 0.140 e. The molecule has 1 aliphatic rings. The molecule has 0 radical (unpaired) electrons. The molecule has 1 saturated carbocycles. The largest absolute Gasteiger partial charge is 0.316 e. The molecular formula is C32H34N2O. The lowest BCUT2D eigenvalue weighted by molar-refractivity contribution is -0.118. The summed E-state index contributed by atoms with van der Waals surface area (Å²) in [7, 11) is 0. The molecule has 5 rings (SSSR count). The molecule has 0 amide bonds. The van der Waals surface area contributed by atoms with Crippen LogP contribution in [0.4, 0.5) is 0 Å². The fourth-order valence-corrected chi connectivity index (χ4v) is 5.71. The average Bonchev–Trinajstić information content (AvgIpc) is 3.35. The second kappa shape index (κ2) is 10.4. The van der Waals surface area contributed by atoms with E-state index in [1.807, 2.05) is 6.92 Å². The van der Waals surface area contributed by atoms with Gasteiger partial charge in [0.1, 0.15) is 17.1 Å². The van der Waals surface area contributed by atoms with Gasteiger partial charge < -0.3 is 4.57 Å². The number of nitrogens with zero attached hydrogens (tertiary/aromatic N) is 2. The van der Waals surface area contributed by atoms with E-state index in [4.69, 9.17) is 4.98 Å². The summed E-state index contributed by atoms with van der Waals surface area (Å²) in [4.78, 5) is 18.0. The van der Waals surface area contributed by atoms with Crippen molar-refractivity contribution in [2.75, 3.05) is 0 Å². The summed E-state index contributed by atoms with van der Waals surface area (Å²) in [5.74, 6) is 1.53. The zero-order valence-electron chi connectivity index (χ0n) is 20.6. The summed E-state index contributed by atoms with van der Waals surface area (Å²) in [6, 6.07) is 32.0. The van der Waals surface area contributed by atoms with E-state index in [0.717, 1.165) is 28.2 Å². The van der Waals surface area contributed by atoms with Gasteiger partial charge in [0.05, 0.1) is 12.1 Å². The highest BCUT2D eigenvalue weighted by atomic mass is 16.1. The summed E-state index contributed by atoms with van der Waals surface area (Å²) in [5, 5.41) is 0. The third kappa shape index (κ3) is 4.48. The highest BCUT2D eigenvalue weighted by Gasteiger charge is 2.40. The predicted octanol–water partition coefficient (Wildman–Crippen LogP) is 7.29. The highest BCUT2D eigenvalue weighted by Crippen LogP contribution is 2.43. The van der Waals surface area contributed by atoms with Crippen molar-refractivity contribution in [2.45, 2.75) is 63.3 Å². The van der Waals surface area contributed by atoms with Gasteiger partial charge in [-0.1, -0.05) is 117 Å². The smallest absolute Gasteiger partial charge is 0.140 e. The molecule has 0 unspecified atom stereocenters. The SMILES string of the molecule is CCC(=O)Cc1nc(C2CCCCC2)cn1C(c1ccccc1)(c1ccccc1)c1ccccc1. The summed E-state index contributed by atoms with van der Waals surface area (Å²) >= 11 is 0. The van der Waals surface area contributed by atoms with Gasteiger partial charge in [-0.2, -0.15) is 0 Å². The Morgan fingerprint density at radius 2 is 1.29 bits per heavy atom. The van der Waals surface area contributed by atoms with Gasteiger partial charge in [-0.05, 0) is 29.5 Å². The Hall–Kier alpha value is -3.46. The first-order chi connectivity index (χ1) is 17.2. The van der Waals surface area contributed by atoms with Crippen molar-refractivity contribution in [2.24, 2.45) is 0 Å².